The number of hydrogen-bond donors (Lipinski definition) is 0. The molecule has 19 heavy (non-hydrogen) atoms. The molecule has 1 fully saturated rings. The molecule has 1 saturated carbocycles. The Kier molecular flexibility index (Phi) is 4.43. The molecule has 1 aliphatic carbocycles. The summed E-state index contributed by atoms with van der Waals surface area (Å²) in [5, 5.41) is 0. The molecule has 0 radical (unpaired) electrons. The Morgan fingerprint density at radius 1 is 1.05 bits per heavy atom. The van der Waals surface area contributed by atoms with Crippen molar-refractivity contribution in [1.29, 1.82) is 0 Å². The first kappa shape index (κ1) is 14.3. The molecule has 0 aliphatic heterocycles. The van der Waals surface area contributed by atoms with Gasteiger partial charge in [-0.2, -0.15) is 0 Å². The Bertz CT molecular complexity index is 394. The predicted octanol–water partition coefficient (Wildman–Crippen LogP) is 4.09. The van der Waals surface area contributed by atoms with Crippen molar-refractivity contribution in [2.45, 2.75) is 45.1 Å². The van der Waals surface area contributed by atoms with Crippen LogP contribution in [0.15, 0.2) is 24.3 Å². The van der Waals surface area contributed by atoms with Crippen molar-refractivity contribution < 1.29 is 17.7 Å². The maximum atomic E-state index is 12.5. The zero-order chi connectivity index (χ0) is 13.9. The minimum absolute atomic E-state index is 0.157. The fourth-order valence-electron chi connectivity index (χ4n) is 2.62. The highest BCUT2D eigenvalue weighted by Gasteiger charge is 2.25. The zero-order valence-electron chi connectivity index (χ0n) is 11.1. The van der Waals surface area contributed by atoms with E-state index in [0.717, 1.165) is 43.7 Å². The highest BCUT2D eigenvalue weighted by atomic mass is 19.4. The molecule has 0 saturated heterocycles. The van der Waals surface area contributed by atoms with Gasteiger partial charge < -0.3 is 17.7 Å². The quantitative estimate of drug-likeness (QED) is 0.749. The van der Waals surface area contributed by atoms with Crippen LogP contribution in [0.4, 0.5) is 12.9 Å². The van der Waals surface area contributed by atoms with Gasteiger partial charge in [0.25, 0.3) is 0 Å². The van der Waals surface area contributed by atoms with Crippen molar-refractivity contribution in [3.63, 3.8) is 0 Å². The van der Waals surface area contributed by atoms with Crippen LogP contribution in [0.3, 0.4) is 0 Å². The molecule has 1 aliphatic rings. The molecule has 0 heterocycles. The largest absolute Gasteiger partial charge is 0.509 e. The van der Waals surface area contributed by atoms with Crippen molar-refractivity contribution in [2.24, 2.45) is 5.92 Å². The average molecular weight is 271 g/mol. The standard InChI is InChI=1S/C14H19BF3O/c1-2-11-3-7-13(8-4-11)19-14-9-5-12(6-10-14)15(16,17)18/h5-6,9-11,13H,2-4,7-8H2,1H3/q-1. The Hall–Kier alpha value is -1.13. The molecule has 0 spiro atoms. The van der Waals surface area contributed by atoms with Crippen LogP contribution in [0.2, 0.25) is 0 Å². The van der Waals surface area contributed by atoms with Gasteiger partial charge in [0, 0.05) is 0 Å². The van der Waals surface area contributed by atoms with Crippen LogP contribution in [-0.2, 0) is 0 Å². The summed E-state index contributed by atoms with van der Waals surface area (Å²) in [5.74, 6) is 1.33. The van der Waals surface area contributed by atoms with E-state index in [9.17, 15) is 12.9 Å². The summed E-state index contributed by atoms with van der Waals surface area (Å²) in [5.41, 5.74) is -0.568. The lowest BCUT2D eigenvalue weighted by Gasteiger charge is -2.28. The number of hydrogen-bond acceptors (Lipinski definition) is 1. The van der Waals surface area contributed by atoms with E-state index in [1.807, 2.05) is 0 Å². The van der Waals surface area contributed by atoms with E-state index in [1.165, 1.54) is 18.6 Å². The molecule has 0 atom stereocenters. The number of benzene rings is 1. The number of halogens is 3. The van der Waals surface area contributed by atoms with Gasteiger partial charge >= 0.3 is 6.98 Å². The van der Waals surface area contributed by atoms with Gasteiger partial charge in [0.05, 0.1) is 6.10 Å². The summed E-state index contributed by atoms with van der Waals surface area (Å²) < 4.78 is 43.2. The Labute approximate surface area is 112 Å². The number of rotatable bonds is 4. The third kappa shape index (κ3) is 3.92. The molecule has 0 amide bonds. The summed E-state index contributed by atoms with van der Waals surface area (Å²) in [7, 11) is 0. The van der Waals surface area contributed by atoms with Crippen LogP contribution in [0.1, 0.15) is 39.0 Å². The molecular formula is C14H19BF3O-. The first-order chi connectivity index (χ1) is 8.99. The maximum absolute atomic E-state index is 12.5. The first-order valence-electron chi connectivity index (χ1n) is 6.95. The monoisotopic (exact) mass is 271 g/mol. The normalized spacial score (nSPS) is 24.2. The second-order valence-corrected chi connectivity index (χ2v) is 5.31. The van der Waals surface area contributed by atoms with Crippen LogP contribution >= 0.6 is 0 Å². The van der Waals surface area contributed by atoms with Gasteiger partial charge in [-0.3, -0.25) is 0 Å². The molecule has 0 aromatic heterocycles. The maximum Gasteiger partial charge on any atom is 0.509 e. The summed E-state index contributed by atoms with van der Waals surface area (Å²) in [6, 6.07) is 5.06. The van der Waals surface area contributed by atoms with E-state index < -0.39 is 12.4 Å². The highest BCUT2D eigenvalue weighted by molar-refractivity contribution is 6.73. The van der Waals surface area contributed by atoms with Crippen molar-refractivity contribution in [3.8, 4) is 5.75 Å². The smallest absolute Gasteiger partial charge is 0.490 e. The van der Waals surface area contributed by atoms with E-state index in [1.54, 1.807) is 0 Å². The molecule has 2 rings (SSSR count). The molecule has 0 unspecified atom stereocenters. The molecule has 1 aromatic rings. The Morgan fingerprint density at radius 2 is 1.63 bits per heavy atom. The first-order valence-corrected chi connectivity index (χ1v) is 6.95. The lowest BCUT2D eigenvalue weighted by Crippen LogP contribution is -2.33. The summed E-state index contributed by atoms with van der Waals surface area (Å²) >= 11 is 0. The third-order valence-electron chi connectivity index (χ3n) is 3.93. The van der Waals surface area contributed by atoms with Crippen LogP contribution in [0, 0.1) is 5.92 Å². The molecular weight excluding hydrogens is 252 g/mol. The summed E-state index contributed by atoms with van der Waals surface area (Å²) in [6.07, 6.45) is 5.68. The SMILES string of the molecule is CCC1CCC(Oc2ccc([B-](F)(F)F)cc2)CC1. The second kappa shape index (κ2) is 5.89. The van der Waals surface area contributed by atoms with E-state index in [4.69, 9.17) is 4.74 Å². The van der Waals surface area contributed by atoms with E-state index in [2.05, 4.69) is 6.92 Å². The van der Waals surface area contributed by atoms with Crippen molar-refractivity contribution >= 4 is 12.4 Å². The van der Waals surface area contributed by atoms with Crippen LogP contribution in [0.25, 0.3) is 0 Å². The van der Waals surface area contributed by atoms with Crippen LogP contribution < -0.4 is 10.2 Å². The number of ether oxygens (including phenoxy) is 1. The lowest BCUT2D eigenvalue weighted by molar-refractivity contribution is 0.130. The average Bonchev–Trinajstić information content (AvgIpc) is 2.39. The van der Waals surface area contributed by atoms with Gasteiger partial charge in [-0.05, 0) is 43.7 Å². The van der Waals surface area contributed by atoms with Gasteiger partial charge in [0.15, 0.2) is 0 Å². The topological polar surface area (TPSA) is 9.23 Å². The molecule has 1 aromatic carbocycles. The molecule has 0 N–H and O–H groups in total. The Morgan fingerprint density at radius 3 is 2.11 bits per heavy atom. The van der Waals surface area contributed by atoms with Crippen molar-refractivity contribution in [2.75, 3.05) is 0 Å². The highest BCUT2D eigenvalue weighted by Crippen LogP contribution is 2.29. The van der Waals surface area contributed by atoms with Gasteiger partial charge in [-0.15, -0.1) is 5.46 Å². The van der Waals surface area contributed by atoms with Crippen LogP contribution in [-0.4, -0.2) is 13.1 Å². The molecule has 5 heteroatoms. The van der Waals surface area contributed by atoms with Gasteiger partial charge in [0.1, 0.15) is 5.75 Å². The molecule has 1 nitrogen and oxygen atoms in total. The minimum Gasteiger partial charge on any atom is -0.490 e. The van der Waals surface area contributed by atoms with Gasteiger partial charge in [0.2, 0.25) is 0 Å². The van der Waals surface area contributed by atoms with Crippen LogP contribution in [0.5, 0.6) is 5.75 Å². The van der Waals surface area contributed by atoms with E-state index in [-0.39, 0.29) is 6.10 Å². The third-order valence-corrected chi connectivity index (χ3v) is 3.93. The van der Waals surface area contributed by atoms with Gasteiger partial charge in [-0.25, -0.2) is 0 Å². The van der Waals surface area contributed by atoms with Crippen molar-refractivity contribution in [1.82, 2.24) is 0 Å². The Balaban J connectivity index is 1.90. The fraction of sp³-hybridized carbons (Fsp3) is 0.571. The lowest BCUT2D eigenvalue weighted by atomic mass is 9.80. The second-order valence-electron chi connectivity index (χ2n) is 5.31. The minimum atomic E-state index is -4.91. The van der Waals surface area contributed by atoms with Crippen molar-refractivity contribution in [3.05, 3.63) is 24.3 Å². The summed E-state index contributed by atoms with van der Waals surface area (Å²) in [6.45, 7) is -2.71. The predicted molar refractivity (Wildman–Crippen MR) is 71.8 cm³/mol. The zero-order valence-corrected chi connectivity index (χ0v) is 11.1. The molecule has 106 valence electrons. The van der Waals surface area contributed by atoms with E-state index in [0.29, 0.717) is 5.75 Å². The van der Waals surface area contributed by atoms with Gasteiger partial charge in [-0.1, -0.05) is 25.5 Å². The fourth-order valence-corrected chi connectivity index (χ4v) is 2.62. The molecule has 0 bridgehead atoms. The summed E-state index contributed by atoms with van der Waals surface area (Å²) in [4.78, 5) is 0. The van der Waals surface area contributed by atoms with E-state index >= 15 is 0 Å².